The Labute approximate surface area is 171 Å². The monoisotopic (exact) mass is 390 g/mol. The van der Waals surface area contributed by atoms with Crippen LogP contribution in [0.25, 0.3) is 11.3 Å². The van der Waals surface area contributed by atoms with Crippen LogP contribution in [0.4, 0.5) is 0 Å². The highest BCUT2D eigenvalue weighted by atomic mass is 16.5. The van der Waals surface area contributed by atoms with Crippen molar-refractivity contribution in [2.75, 3.05) is 7.11 Å². The highest BCUT2D eigenvalue weighted by Gasteiger charge is 2.16. The molecule has 0 aliphatic carbocycles. The zero-order valence-electron chi connectivity index (χ0n) is 17.1. The van der Waals surface area contributed by atoms with Gasteiger partial charge in [-0.25, -0.2) is 0 Å². The van der Waals surface area contributed by atoms with Gasteiger partial charge in [0.05, 0.1) is 7.11 Å². The SMILES string of the molecule is COc1ccc(CNC(=O)CCn2c(-c3ccccc3)cc(C(C)=O)c2C)cc1. The van der Waals surface area contributed by atoms with E-state index in [-0.39, 0.29) is 11.7 Å². The zero-order chi connectivity index (χ0) is 20.8. The lowest BCUT2D eigenvalue weighted by Gasteiger charge is -2.12. The third-order valence-corrected chi connectivity index (χ3v) is 5.03. The molecule has 2 aromatic carbocycles. The van der Waals surface area contributed by atoms with Crippen molar-refractivity contribution >= 4 is 11.7 Å². The Bertz CT molecular complexity index is 989. The summed E-state index contributed by atoms with van der Waals surface area (Å²) in [6.45, 7) is 4.48. The number of nitrogens with zero attached hydrogens (tertiary/aromatic N) is 1. The number of Topliss-reactive ketones (excluding diaryl/α,β-unsaturated/α-hetero) is 1. The Morgan fingerprint density at radius 3 is 2.34 bits per heavy atom. The van der Waals surface area contributed by atoms with Gasteiger partial charge in [-0.3, -0.25) is 9.59 Å². The number of nitrogens with one attached hydrogen (secondary N) is 1. The third-order valence-electron chi connectivity index (χ3n) is 5.03. The first-order valence-corrected chi connectivity index (χ1v) is 9.65. The topological polar surface area (TPSA) is 60.3 Å². The van der Waals surface area contributed by atoms with Gasteiger partial charge < -0.3 is 14.6 Å². The van der Waals surface area contributed by atoms with E-state index in [2.05, 4.69) is 9.88 Å². The molecule has 0 unspecified atom stereocenters. The van der Waals surface area contributed by atoms with Crippen LogP contribution in [0, 0.1) is 6.92 Å². The molecule has 0 fully saturated rings. The van der Waals surface area contributed by atoms with E-state index >= 15 is 0 Å². The maximum Gasteiger partial charge on any atom is 0.222 e. The fourth-order valence-corrected chi connectivity index (χ4v) is 3.38. The molecular formula is C24H26N2O3. The first kappa shape index (κ1) is 20.4. The Balaban J connectivity index is 1.69. The maximum absolute atomic E-state index is 12.4. The average molecular weight is 390 g/mol. The second-order valence-electron chi connectivity index (χ2n) is 6.98. The molecule has 3 aromatic rings. The number of methoxy groups -OCH3 is 1. The van der Waals surface area contributed by atoms with Gasteiger partial charge in [0, 0.05) is 36.5 Å². The summed E-state index contributed by atoms with van der Waals surface area (Å²) in [5.74, 6) is 0.789. The summed E-state index contributed by atoms with van der Waals surface area (Å²) in [5, 5.41) is 2.95. The van der Waals surface area contributed by atoms with E-state index in [4.69, 9.17) is 4.74 Å². The number of carbonyl (C=O) groups is 2. The fourth-order valence-electron chi connectivity index (χ4n) is 3.38. The van der Waals surface area contributed by atoms with Gasteiger partial charge in [-0.15, -0.1) is 0 Å². The number of carbonyl (C=O) groups excluding carboxylic acids is 2. The van der Waals surface area contributed by atoms with Crippen molar-refractivity contribution in [3.05, 3.63) is 77.5 Å². The second-order valence-corrected chi connectivity index (χ2v) is 6.98. The van der Waals surface area contributed by atoms with E-state index in [1.807, 2.05) is 67.6 Å². The van der Waals surface area contributed by atoms with Gasteiger partial charge in [0.2, 0.25) is 5.91 Å². The predicted octanol–water partition coefficient (Wildman–Crippen LogP) is 4.38. The lowest BCUT2D eigenvalue weighted by atomic mass is 10.1. The van der Waals surface area contributed by atoms with Crippen molar-refractivity contribution in [2.45, 2.75) is 33.4 Å². The fraction of sp³-hybridized carbons (Fsp3) is 0.250. The van der Waals surface area contributed by atoms with Crippen LogP contribution in [0.5, 0.6) is 5.75 Å². The molecule has 3 rings (SSSR count). The Hall–Kier alpha value is -3.34. The smallest absolute Gasteiger partial charge is 0.222 e. The number of hydrogen-bond acceptors (Lipinski definition) is 3. The Kier molecular flexibility index (Phi) is 6.50. The largest absolute Gasteiger partial charge is 0.497 e. The summed E-state index contributed by atoms with van der Waals surface area (Å²) < 4.78 is 7.20. The number of ether oxygens (including phenoxy) is 1. The highest BCUT2D eigenvalue weighted by molar-refractivity contribution is 5.96. The molecule has 0 radical (unpaired) electrons. The molecule has 0 bridgehead atoms. The highest BCUT2D eigenvalue weighted by Crippen LogP contribution is 2.26. The van der Waals surface area contributed by atoms with Crippen LogP contribution in [0.15, 0.2) is 60.7 Å². The molecular weight excluding hydrogens is 364 g/mol. The summed E-state index contributed by atoms with van der Waals surface area (Å²) in [5.41, 5.74) is 4.58. The lowest BCUT2D eigenvalue weighted by molar-refractivity contribution is -0.121. The van der Waals surface area contributed by atoms with Crippen LogP contribution in [0.2, 0.25) is 0 Å². The molecule has 0 saturated heterocycles. The zero-order valence-corrected chi connectivity index (χ0v) is 17.1. The average Bonchev–Trinajstić information content (AvgIpc) is 3.08. The minimum Gasteiger partial charge on any atom is -0.497 e. The quantitative estimate of drug-likeness (QED) is 0.581. The van der Waals surface area contributed by atoms with Gasteiger partial charge >= 0.3 is 0 Å². The molecule has 0 aliphatic heterocycles. The van der Waals surface area contributed by atoms with E-state index in [9.17, 15) is 9.59 Å². The molecule has 0 saturated carbocycles. The second kappa shape index (κ2) is 9.24. The summed E-state index contributed by atoms with van der Waals surface area (Å²) in [6.07, 6.45) is 0.336. The van der Waals surface area contributed by atoms with E-state index in [0.29, 0.717) is 25.1 Å². The molecule has 1 amide bonds. The van der Waals surface area contributed by atoms with Gasteiger partial charge in [0.25, 0.3) is 0 Å². The van der Waals surface area contributed by atoms with Gasteiger partial charge in [0.15, 0.2) is 5.78 Å². The van der Waals surface area contributed by atoms with Gasteiger partial charge in [-0.1, -0.05) is 42.5 Å². The Morgan fingerprint density at radius 2 is 1.72 bits per heavy atom. The number of amides is 1. The summed E-state index contributed by atoms with van der Waals surface area (Å²) in [6, 6.07) is 19.5. The third kappa shape index (κ3) is 4.93. The van der Waals surface area contributed by atoms with Crippen molar-refractivity contribution in [3.8, 4) is 17.0 Å². The van der Waals surface area contributed by atoms with E-state index < -0.39 is 0 Å². The molecule has 29 heavy (non-hydrogen) atoms. The van der Waals surface area contributed by atoms with Crippen molar-refractivity contribution < 1.29 is 14.3 Å². The van der Waals surface area contributed by atoms with Crippen LogP contribution in [0.3, 0.4) is 0 Å². The first-order chi connectivity index (χ1) is 14.0. The molecule has 1 heterocycles. The summed E-state index contributed by atoms with van der Waals surface area (Å²) in [4.78, 5) is 24.4. The van der Waals surface area contributed by atoms with Crippen molar-refractivity contribution in [2.24, 2.45) is 0 Å². The van der Waals surface area contributed by atoms with Crippen molar-refractivity contribution in [1.29, 1.82) is 0 Å². The van der Waals surface area contributed by atoms with Crippen LogP contribution >= 0.6 is 0 Å². The molecule has 5 nitrogen and oxygen atoms in total. The van der Waals surface area contributed by atoms with Gasteiger partial charge in [-0.2, -0.15) is 0 Å². The molecule has 0 aliphatic rings. The van der Waals surface area contributed by atoms with Crippen molar-refractivity contribution in [1.82, 2.24) is 9.88 Å². The molecule has 150 valence electrons. The maximum atomic E-state index is 12.4. The molecule has 0 spiro atoms. The van der Waals surface area contributed by atoms with Crippen LogP contribution in [-0.2, 0) is 17.9 Å². The van der Waals surface area contributed by atoms with Gasteiger partial charge in [0.1, 0.15) is 5.75 Å². The van der Waals surface area contributed by atoms with Crippen LogP contribution in [-0.4, -0.2) is 23.4 Å². The first-order valence-electron chi connectivity index (χ1n) is 9.65. The molecule has 5 heteroatoms. The number of benzene rings is 2. The number of ketones is 1. The van der Waals surface area contributed by atoms with Gasteiger partial charge in [-0.05, 0) is 43.2 Å². The number of hydrogen-bond donors (Lipinski definition) is 1. The lowest BCUT2D eigenvalue weighted by Crippen LogP contribution is -2.24. The molecule has 1 aromatic heterocycles. The van der Waals surface area contributed by atoms with E-state index in [1.165, 1.54) is 0 Å². The minimum absolute atomic E-state index is 0.0300. The standard InChI is InChI=1S/C24H26N2O3/c1-17-22(18(2)27)15-23(20-7-5-4-6-8-20)26(17)14-13-24(28)25-16-19-9-11-21(29-3)12-10-19/h4-12,15H,13-14,16H2,1-3H3,(H,25,28). The van der Waals surface area contributed by atoms with Crippen LogP contribution in [0.1, 0.15) is 35.0 Å². The Morgan fingerprint density at radius 1 is 1.03 bits per heavy atom. The van der Waals surface area contributed by atoms with Crippen LogP contribution < -0.4 is 10.1 Å². The molecule has 1 N–H and O–H groups in total. The van der Waals surface area contributed by atoms with E-state index in [0.717, 1.165) is 28.3 Å². The minimum atomic E-state index is -0.0303. The van der Waals surface area contributed by atoms with E-state index in [1.54, 1.807) is 14.0 Å². The summed E-state index contributed by atoms with van der Waals surface area (Å²) in [7, 11) is 1.63. The number of rotatable bonds is 8. The summed E-state index contributed by atoms with van der Waals surface area (Å²) >= 11 is 0. The van der Waals surface area contributed by atoms with Crippen molar-refractivity contribution in [3.63, 3.8) is 0 Å². The normalized spacial score (nSPS) is 10.6. The molecule has 0 atom stereocenters. The predicted molar refractivity (Wildman–Crippen MR) is 114 cm³/mol. The number of aromatic nitrogens is 1.